The number of nitrogens with one attached hydrogen (secondary N) is 2. The van der Waals surface area contributed by atoms with E-state index in [1.807, 2.05) is 26.0 Å². The largest absolute Gasteiger partial charge is 0.573 e. The number of benzene rings is 2. The molecule has 2 saturated carbocycles. The summed E-state index contributed by atoms with van der Waals surface area (Å²) in [5.74, 6) is 2.10. The fourth-order valence-electron chi connectivity index (χ4n) is 8.69. The number of nitrogen functional groups attached to an aromatic ring is 1. The Hall–Kier alpha value is -4.60. The summed E-state index contributed by atoms with van der Waals surface area (Å²) >= 11 is 0. The first-order valence-corrected chi connectivity index (χ1v) is 18.5. The highest BCUT2D eigenvalue weighted by molar-refractivity contribution is 5.89. The van der Waals surface area contributed by atoms with Crippen molar-refractivity contribution in [2.24, 2.45) is 11.8 Å². The zero-order valence-corrected chi connectivity index (χ0v) is 31.1. The van der Waals surface area contributed by atoms with Crippen molar-refractivity contribution < 1.29 is 32.1 Å². The van der Waals surface area contributed by atoms with Crippen LogP contribution in [-0.2, 0) is 22.4 Å². The number of hydrogen-bond acceptors (Lipinski definition) is 10. The van der Waals surface area contributed by atoms with Gasteiger partial charge in [-0.1, -0.05) is 6.07 Å². The molecule has 15 heteroatoms. The van der Waals surface area contributed by atoms with Gasteiger partial charge in [0.25, 0.3) is 0 Å². The van der Waals surface area contributed by atoms with Crippen LogP contribution >= 0.6 is 0 Å². The molecule has 288 valence electrons. The lowest BCUT2D eigenvalue weighted by atomic mass is 9.76. The summed E-state index contributed by atoms with van der Waals surface area (Å²) in [5, 5.41) is 4.49. The lowest BCUT2D eigenvalue weighted by Crippen LogP contribution is -2.46. The number of fused-ring (bicyclic) bond motifs is 3. The van der Waals surface area contributed by atoms with Gasteiger partial charge in [0.2, 0.25) is 0 Å². The quantitative estimate of drug-likeness (QED) is 0.113. The third-order valence-corrected chi connectivity index (χ3v) is 11.4. The van der Waals surface area contributed by atoms with Crippen molar-refractivity contribution in [1.29, 1.82) is 0 Å². The van der Waals surface area contributed by atoms with Crippen molar-refractivity contribution in [2.75, 3.05) is 31.8 Å². The van der Waals surface area contributed by atoms with Crippen LogP contribution in [0.1, 0.15) is 62.5 Å². The second-order valence-electron chi connectivity index (χ2n) is 15.6. The van der Waals surface area contributed by atoms with Crippen LogP contribution in [0.15, 0.2) is 48.9 Å². The SMILES string of the molecule is COc1ccc(CNc2ncnc3c2ccn3[C@@H]2C[C@H](CN(C)C3CC(CCc4nc5c(N)cc(OC(F)(F)F)cc5[nH]4)C3)[C@H]3OC(C)(C)O[C@H]32)c(C)c1. The molecule has 2 aliphatic carbocycles. The van der Waals surface area contributed by atoms with Gasteiger partial charge in [-0.3, -0.25) is 0 Å². The van der Waals surface area contributed by atoms with Crippen molar-refractivity contribution >= 4 is 33.6 Å². The van der Waals surface area contributed by atoms with Crippen LogP contribution in [0.2, 0.25) is 0 Å². The summed E-state index contributed by atoms with van der Waals surface area (Å²) in [4.78, 5) is 19.5. The van der Waals surface area contributed by atoms with E-state index < -0.39 is 12.1 Å². The predicted octanol–water partition coefficient (Wildman–Crippen LogP) is 7.14. The Bertz CT molecular complexity index is 2150. The first kappa shape index (κ1) is 36.4. The maximum atomic E-state index is 12.7. The van der Waals surface area contributed by atoms with Gasteiger partial charge in [0.1, 0.15) is 46.7 Å². The molecule has 1 saturated heterocycles. The number of alkyl halides is 3. The van der Waals surface area contributed by atoms with Crippen molar-refractivity contribution in [3.63, 3.8) is 0 Å². The fourth-order valence-corrected chi connectivity index (χ4v) is 8.69. The van der Waals surface area contributed by atoms with Gasteiger partial charge >= 0.3 is 6.36 Å². The van der Waals surface area contributed by atoms with E-state index in [0.717, 1.165) is 66.5 Å². The van der Waals surface area contributed by atoms with Gasteiger partial charge in [-0.25, -0.2) is 15.0 Å². The molecule has 0 bridgehead atoms. The first-order valence-electron chi connectivity index (χ1n) is 18.5. The lowest BCUT2D eigenvalue weighted by molar-refractivity contribution is -0.274. The number of ether oxygens (including phenoxy) is 4. The van der Waals surface area contributed by atoms with Crippen LogP contribution in [0.5, 0.6) is 11.5 Å². The highest BCUT2D eigenvalue weighted by atomic mass is 19.4. The maximum Gasteiger partial charge on any atom is 0.573 e. The van der Waals surface area contributed by atoms with Crippen molar-refractivity contribution in [3.8, 4) is 11.5 Å². The Morgan fingerprint density at radius 1 is 1.07 bits per heavy atom. The van der Waals surface area contributed by atoms with Gasteiger partial charge in [-0.15, -0.1) is 13.2 Å². The van der Waals surface area contributed by atoms with Gasteiger partial charge in [0.05, 0.1) is 35.8 Å². The molecule has 0 radical (unpaired) electrons. The molecule has 3 aliphatic rings. The number of aromatic amines is 1. The van der Waals surface area contributed by atoms with Crippen LogP contribution in [0, 0.1) is 18.8 Å². The summed E-state index contributed by atoms with van der Waals surface area (Å²) in [5.41, 5.74) is 10.2. The third kappa shape index (κ3) is 7.28. The zero-order chi connectivity index (χ0) is 37.9. The molecular formula is C39H47F3N8O4. The summed E-state index contributed by atoms with van der Waals surface area (Å²) in [6, 6.07) is 11.1. The minimum atomic E-state index is -4.79. The van der Waals surface area contributed by atoms with Gasteiger partial charge in [0, 0.05) is 49.8 Å². The Morgan fingerprint density at radius 2 is 1.87 bits per heavy atom. The Labute approximate surface area is 311 Å². The molecule has 8 rings (SSSR count). The predicted molar refractivity (Wildman–Crippen MR) is 198 cm³/mol. The standard InChI is InChI=1S/C39H47F3N8O4/c1-21-12-26(51-5)8-7-23(21)18-44-36-28-10-11-50(37(28)46-20-45-36)31-15-24(34-35(31)54-38(2,3)53-34)19-49(4)25-13-22(14-25)6-9-32-47-30-17-27(52-39(40,41)42)16-29(43)33(30)48-32/h7-8,10-12,16-17,20,22,24-25,31,34-35H,6,9,13-15,18-19,43H2,1-5H3,(H,47,48)(H,44,45,46)/t22?,24-,25?,31-,34-,35+/m1/s1. The normalized spacial score (nSPS) is 25.0. The van der Waals surface area contributed by atoms with Crippen molar-refractivity contribution in [2.45, 2.75) is 95.9 Å². The minimum Gasteiger partial charge on any atom is -0.497 e. The van der Waals surface area contributed by atoms with Gasteiger partial charge in [0.15, 0.2) is 5.79 Å². The molecule has 3 aromatic heterocycles. The average Bonchev–Trinajstić information content (AvgIpc) is 3.85. The molecule has 12 nitrogen and oxygen atoms in total. The number of nitrogens with zero attached hydrogens (tertiary/aromatic N) is 5. The van der Waals surface area contributed by atoms with E-state index in [2.05, 4.69) is 66.8 Å². The van der Waals surface area contributed by atoms with Gasteiger partial charge in [-0.2, -0.15) is 0 Å². The number of nitrogens with two attached hydrogens (primary N) is 1. The van der Waals surface area contributed by atoms with E-state index in [1.165, 1.54) is 11.6 Å². The number of hydrogen-bond donors (Lipinski definition) is 3. The monoisotopic (exact) mass is 748 g/mol. The lowest BCUT2D eigenvalue weighted by Gasteiger charge is -2.42. The van der Waals surface area contributed by atoms with E-state index in [9.17, 15) is 13.2 Å². The molecule has 1 aliphatic heterocycles. The molecule has 4 atom stereocenters. The van der Waals surface area contributed by atoms with Gasteiger partial charge in [-0.05, 0) is 88.7 Å². The zero-order valence-electron chi connectivity index (χ0n) is 31.1. The molecule has 54 heavy (non-hydrogen) atoms. The average molecular weight is 749 g/mol. The number of aromatic nitrogens is 5. The second kappa shape index (κ2) is 13.9. The summed E-state index contributed by atoms with van der Waals surface area (Å²) in [6.45, 7) is 7.58. The van der Waals surface area contributed by atoms with Crippen LogP contribution in [0.25, 0.3) is 22.1 Å². The van der Waals surface area contributed by atoms with E-state index in [4.69, 9.17) is 24.9 Å². The highest BCUT2D eigenvalue weighted by Crippen LogP contribution is 2.49. The minimum absolute atomic E-state index is 0.0409. The van der Waals surface area contributed by atoms with E-state index in [-0.39, 0.29) is 35.6 Å². The van der Waals surface area contributed by atoms with E-state index in [0.29, 0.717) is 41.8 Å². The molecule has 0 unspecified atom stereocenters. The number of imidazole rings is 1. The summed E-state index contributed by atoms with van der Waals surface area (Å²) in [6.07, 6.45) is 3.44. The van der Waals surface area contributed by atoms with Crippen molar-refractivity contribution in [3.05, 3.63) is 65.9 Å². The molecule has 4 heterocycles. The maximum absolute atomic E-state index is 12.7. The Balaban J connectivity index is 0.892. The van der Waals surface area contributed by atoms with Crippen LogP contribution in [-0.4, -0.2) is 80.5 Å². The number of H-pyrrole nitrogens is 1. The van der Waals surface area contributed by atoms with Gasteiger partial charge < -0.3 is 44.4 Å². The highest BCUT2D eigenvalue weighted by Gasteiger charge is 2.55. The Morgan fingerprint density at radius 3 is 2.63 bits per heavy atom. The molecular weight excluding hydrogens is 701 g/mol. The van der Waals surface area contributed by atoms with Crippen LogP contribution < -0.4 is 20.5 Å². The molecule has 0 spiro atoms. The number of methoxy groups -OCH3 is 1. The van der Waals surface area contributed by atoms with Crippen molar-refractivity contribution in [1.82, 2.24) is 29.4 Å². The molecule has 5 aromatic rings. The fraction of sp³-hybridized carbons (Fsp3) is 0.513. The smallest absolute Gasteiger partial charge is 0.497 e. The molecule has 0 amide bonds. The summed E-state index contributed by atoms with van der Waals surface area (Å²) in [7, 11) is 3.88. The summed E-state index contributed by atoms with van der Waals surface area (Å²) < 4.78 is 63.0. The number of halogens is 3. The molecule has 2 aromatic carbocycles. The van der Waals surface area contributed by atoms with Crippen LogP contribution in [0.4, 0.5) is 24.7 Å². The van der Waals surface area contributed by atoms with E-state index in [1.54, 1.807) is 13.4 Å². The van der Waals surface area contributed by atoms with E-state index >= 15 is 0 Å². The number of aryl methyl sites for hydroxylation is 2. The molecule has 4 N–H and O–H groups in total. The Kier molecular flexibility index (Phi) is 9.37. The topological polar surface area (TPSA) is 138 Å². The number of anilines is 2. The molecule has 3 fully saturated rings. The number of rotatable bonds is 12. The third-order valence-electron chi connectivity index (χ3n) is 11.4. The first-order chi connectivity index (χ1) is 25.7. The van der Waals surface area contributed by atoms with Crippen LogP contribution in [0.3, 0.4) is 0 Å². The second-order valence-corrected chi connectivity index (χ2v) is 15.6.